The van der Waals surface area contributed by atoms with Gasteiger partial charge in [0.1, 0.15) is 0 Å². The molecular weight excluding hydrogens is 200 g/mol. The average molecular weight is 222 g/mol. The molecule has 0 bridgehead atoms. The average Bonchev–Trinajstić information content (AvgIpc) is 2.21. The first-order valence-corrected chi connectivity index (χ1v) is 6.65. The van der Waals surface area contributed by atoms with Gasteiger partial charge in [-0.1, -0.05) is 13.8 Å². The highest BCUT2D eigenvalue weighted by atomic mass is 28.4. The highest BCUT2D eigenvalue weighted by molar-refractivity contribution is 6.60. The molecule has 1 N–H and O–H groups in total. The van der Waals surface area contributed by atoms with Crippen molar-refractivity contribution in [1.29, 1.82) is 0 Å². The molecule has 14 heavy (non-hydrogen) atoms. The standard InChI is InChI=1S/C9H22O4Si/c1-9(2,8-10)6-7-14(11-3,12-4)13-5/h10H,6-8H2,1-5H3. The summed E-state index contributed by atoms with van der Waals surface area (Å²) in [7, 11) is 2.35. The summed E-state index contributed by atoms with van der Waals surface area (Å²) in [5.41, 5.74) is -0.103. The Morgan fingerprint density at radius 1 is 1.07 bits per heavy atom. The molecule has 86 valence electrons. The van der Waals surface area contributed by atoms with Crippen molar-refractivity contribution in [2.75, 3.05) is 27.9 Å². The maximum atomic E-state index is 9.10. The molecule has 0 aromatic heterocycles. The van der Waals surface area contributed by atoms with E-state index in [0.29, 0.717) is 0 Å². The lowest BCUT2D eigenvalue weighted by molar-refractivity contribution is 0.108. The molecule has 0 aromatic rings. The van der Waals surface area contributed by atoms with Crippen LogP contribution in [0.1, 0.15) is 20.3 Å². The van der Waals surface area contributed by atoms with E-state index < -0.39 is 8.80 Å². The molecule has 0 aliphatic carbocycles. The van der Waals surface area contributed by atoms with E-state index in [0.717, 1.165) is 12.5 Å². The predicted molar refractivity (Wildman–Crippen MR) is 57.1 cm³/mol. The van der Waals surface area contributed by atoms with Gasteiger partial charge in [-0.3, -0.25) is 0 Å². The van der Waals surface area contributed by atoms with Crippen LogP contribution in [0.15, 0.2) is 0 Å². The van der Waals surface area contributed by atoms with E-state index >= 15 is 0 Å². The number of rotatable bonds is 7. The molecule has 0 atom stereocenters. The Hall–Kier alpha value is 0.0569. The molecule has 0 radical (unpaired) electrons. The first-order chi connectivity index (χ1) is 6.45. The van der Waals surface area contributed by atoms with Crippen LogP contribution in [0, 0.1) is 5.41 Å². The molecule has 0 spiro atoms. The van der Waals surface area contributed by atoms with Crippen LogP contribution in [-0.4, -0.2) is 41.8 Å². The first-order valence-electron chi connectivity index (χ1n) is 4.71. The third kappa shape index (κ3) is 4.06. The van der Waals surface area contributed by atoms with Gasteiger partial charge in [0.15, 0.2) is 0 Å². The van der Waals surface area contributed by atoms with Gasteiger partial charge in [0, 0.05) is 34.0 Å². The predicted octanol–water partition coefficient (Wildman–Crippen LogP) is 1.27. The molecule has 0 heterocycles. The second kappa shape index (κ2) is 5.82. The molecule has 0 saturated carbocycles. The third-order valence-electron chi connectivity index (χ3n) is 2.47. The summed E-state index contributed by atoms with van der Waals surface area (Å²) in [6.07, 6.45) is 0.825. The molecule has 0 saturated heterocycles. The van der Waals surface area contributed by atoms with Crippen LogP contribution in [0.4, 0.5) is 0 Å². The second-order valence-corrected chi connectivity index (χ2v) is 7.21. The van der Waals surface area contributed by atoms with Crippen LogP contribution in [-0.2, 0) is 13.3 Å². The van der Waals surface area contributed by atoms with Gasteiger partial charge < -0.3 is 18.4 Å². The minimum atomic E-state index is -2.45. The highest BCUT2D eigenvalue weighted by Crippen LogP contribution is 2.26. The fraction of sp³-hybridized carbons (Fsp3) is 1.00. The van der Waals surface area contributed by atoms with Crippen molar-refractivity contribution in [3.05, 3.63) is 0 Å². The Morgan fingerprint density at radius 2 is 1.50 bits per heavy atom. The molecule has 4 nitrogen and oxygen atoms in total. The molecule has 0 aliphatic rings. The van der Waals surface area contributed by atoms with Crippen molar-refractivity contribution < 1.29 is 18.4 Å². The van der Waals surface area contributed by atoms with Crippen molar-refractivity contribution in [1.82, 2.24) is 0 Å². The van der Waals surface area contributed by atoms with Gasteiger partial charge in [-0.05, 0) is 11.8 Å². The zero-order chi connectivity index (χ0) is 11.2. The van der Waals surface area contributed by atoms with Crippen LogP contribution >= 0.6 is 0 Å². The summed E-state index contributed by atoms with van der Waals surface area (Å²) in [6, 6.07) is 0.726. The van der Waals surface area contributed by atoms with Crippen molar-refractivity contribution >= 4 is 8.80 Å². The highest BCUT2D eigenvalue weighted by Gasteiger charge is 2.39. The fourth-order valence-corrected chi connectivity index (χ4v) is 3.22. The van der Waals surface area contributed by atoms with Crippen LogP contribution < -0.4 is 0 Å². The van der Waals surface area contributed by atoms with E-state index in [9.17, 15) is 0 Å². The maximum absolute atomic E-state index is 9.10. The Bertz CT molecular complexity index is 149. The van der Waals surface area contributed by atoms with E-state index in [2.05, 4.69) is 0 Å². The summed E-state index contributed by atoms with van der Waals surface area (Å²) in [4.78, 5) is 0. The summed E-state index contributed by atoms with van der Waals surface area (Å²) in [6.45, 7) is 4.18. The summed E-state index contributed by atoms with van der Waals surface area (Å²) in [5, 5.41) is 9.10. The van der Waals surface area contributed by atoms with Crippen molar-refractivity contribution in [2.45, 2.75) is 26.3 Å². The SMILES string of the molecule is CO[Si](CCC(C)(C)CO)(OC)OC. The van der Waals surface area contributed by atoms with Crippen molar-refractivity contribution in [3.63, 3.8) is 0 Å². The second-order valence-electron chi connectivity index (χ2n) is 4.12. The molecule has 0 rings (SSSR count). The largest absolute Gasteiger partial charge is 0.500 e. The molecule has 0 aliphatic heterocycles. The van der Waals surface area contributed by atoms with Crippen LogP contribution in [0.25, 0.3) is 0 Å². The minimum Gasteiger partial charge on any atom is -0.396 e. The number of hydrogen-bond donors (Lipinski definition) is 1. The van der Waals surface area contributed by atoms with Gasteiger partial charge in [-0.15, -0.1) is 0 Å². The first kappa shape index (κ1) is 14.1. The lowest BCUT2D eigenvalue weighted by Crippen LogP contribution is -2.43. The molecule has 0 unspecified atom stereocenters. The van der Waals surface area contributed by atoms with Crippen LogP contribution in [0.2, 0.25) is 6.04 Å². The Kier molecular flexibility index (Phi) is 5.85. The van der Waals surface area contributed by atoms with Gasteiger partial charge in [0.05, 0.1) is 0 Å². The van der Waals surface area contributed by atoms with Crippen molar-refractivity contribution in [3.8, 4) is 0 Å². The lowest BCUT2D eigenvalue weighted by Gasteiger charge is -2.28. The Labute approximate surface area is 87.5 Å². The zero-order valence-corrected chi connectivity index (χ0v) is 10.8. The molecule has 0 fully saturated rings. The monoisotopic (exact) mass is 222 g/mol. The van der Waals surface area contributed by atoms with Gasteiger partial charge in [-0.2, -0.15) is 0 Å². The van der Waals surface area contributed by atoms with Crippen LogP contribution in [0.5, 0.6) is 0 Å². The third-order valence-corrected chi connectivity index (χ3v) is 5.20. The van der Waals surface area contributed by atoms with Gasteiger partial charge >= 0.3 is 8.80 Å². The number of hydrogen-bond acceptors (Lipinski definition) is 4. The van der Waals surface area contributed by atoms with E-state index in [-0.39, 0.29) is 12.0 Å². The summed E-state index contributed by atoms with van der Waals surface area (Å²) in [5.74, 6) is 0. The molecular formula is C9H22O4Si. The quantitative estimate of drug-likeness (QED) is 0.659. The zero-order valence-electron chi connectivity index (χ0n) is 9.79. The number of aliphatic hydroxyl groups excluding tert-OH is 1. The van der Waals surface area contributed by atoms with Gasteiger partial charge in [-0.25, -0.2) is 0 Å². The summed E-state index contributed by atoms with van der Waals surface area (Å²) >= 11 is 0. The van der Waals surface area contributed by atoms with Crippen molar-refractivity contribution in [2.24, 2.45) is 5.41 Å². The maximum Gasteiger partial charge on any atom is 0.500 e. The van der Waals surface area contributed by atoms with Gasteiger partial charge in [0.25, 0.3) is 0 Å². The molecule has 0 amide bonds. The Balaban J connectivity index is 4.19. The smallest absolute Gasteiger partial charge is 0.396 e. The van der Waals surface area contributed by atoms with Crippen LogP contribution in [0.3, 0.4) is 0 Å². The van der Waals surface area contributed by atoms with E-state index in [1.54, 1.807) is 21.3 Å². The van der Waals surface area contributed by atoms with E-state index in [4.69, 9.17) is 18.4 Å². The fourth-order valence-electron chi connectivity index (χ4n) is 1.13. The Morgan fingerprint density at radius 3 is 1.79 bits per heavy atom. The topological polar surface area (TPSA) is 47.9 Å². The molecule has 5 heteroatoms. The lowest BCUT2D eigenvalue weighted by atomic mass is 9.92. The number of aliphatic hydroxyl groups is 1. The molecule has 0 aromatic carbocycles. The summed E-state index contributed by atoms with van der Waals surface area (Å²) < 4.78 is 15.9. The minimum absolute atomic E-state index is 0.103. The van der Waals surface area contributed by atoms with E-state index in [1.165, 1.54) is 0 Å². The normalized spacial score (nSPS) is 13.3. The van der Waals surface area contributed by atoms with E-state index in [1.807, 2.05) is 13.8 Å². The van der Waals surface area contributed by atoms with Gasteiger partial charge in [0.2, 0.25) is 0 Å².